The highest BCUT2D eigenvalue weighted by molar-refractivity contribution is 5.95. The zero-order chi connectivity index (χ0) is 23.2. The van der Waals surface area contributed by atoms with Gasteiger partial charge in [0, 0.05) is 5.56 Å². The van der Waals surface area contributed by atoms with E-state index in [1.54, 1.807) is 18.2 Å². The van der Waals surface area contributed by atoms with Crippen LogP contribution in [0.1, 0.15) is 5.56 Å². The highest BCUT2D eigenvalue weighted by atomic mass is 16.5. The molecule has 0 fully saturated rings. The fourth-order valence-electron chi connectivity index (χ4n) is 3.41. The van der Waals surface area contributed by atoms with Crippen LogP contribution in [-0.2, 0) is 11.2 Å². The van der Waals surface area contributed by atoms with E-state index in [0.29, 0.717) is 39.9 Å². The predicted octanol–water partition coefficient (Wildman–Crippen LogP) is 4.61. The number of methoxy groups -OCH3 is 3. The van der Waals surface area contributed by atoms with Gasteiger partial charge in [-0.3, -0.25) is 4.79 Å². The van der Waals surface area contributed by atoms with Crippen LogP contribution in [0.5, 0.6) is 17.2 Å². The van der Waals surface area contributed by atoms with Crippen molar-refractivity contribution in [3.8, 4) is 40.1 Å². The third-order valence-corrected chi connectivity index (χ3v) is 4.99. The number of rotatable bonds is 8. The molecular weight excluding hydrogens is 422 g/mol. The van der Waals surface area contributed by atoms with Crippen LogP contribution in [0, 0.1) is 0 Å². The maximum absolute atomic E-state index is 12.6. The average molecular weight is 445 g/mol. The zero-order valence-corrected chi connectivity index (χ0v) is 18.5. The molecule has 1 aromatic heterocycles. The van der Waals surface area contributed by atoms with Crippen LogP contribution >= 0.6 is 0 Å². The number of anilines is 1. The van der Waals surface area contributed by atoms with Gasteiger partial charge in [0.1, 0.15) is 0 Å². The molecule has 168 valence electrons. The highest BCUT2D eigenvalue weighted by Crippen LogP contribution is 2.41. The molecule has 4 aromatic rings. The summed E-state index contributed by atoms with van der Waals surface area (Å²) in [6.07, 6.45) is 0.260. The summed E-state index contributed by atoms with van der Waals surface area (Å²) in [7, 11) is 4.61. The molecule has 0 aliphatic rings. The number of hydrogen-bond acceptors (Lipinski definition) is 7. The van der Waals surface area contributed by atoms with E-state index in [1.165, 1.54) is 21.3 Å². The van der Waals surface area contributed by atoms with Crippen molar-refractivity contribution in [3.63, 3.8) is 0 Å². The Labute approximate surface area is 191 Å². The number of amides is 1. The lowest BCUT2D eigenvalue weighted by Crippen LogP contribution is -2.14. The summed E-state index contributed by atoms with van der Waals surface area (Å²) in [4.78, 5) is 17.1. The average Bonchev–Trinajstić information content (AvgIpc) is 3.34. The number of aromatic nitrogens is 2. The van der Waals surface area contributed by atoms with E-state index in [1.807, 2.05) is 48.5 Å². The Bertz CT molecular complexity index is 1230. The smallest absolute Gasteiger partial charge is 0.260 e. The number of ether oxygens (including phenoxy) is 3. The number of benzene rings is 3. The third-order valence-electron chi connectivity index (χ3n) is 4.99. The van der Waals surface area contributed by atoms with Crippen LogP contribution in [-0.4, -0.2) is 37.4 Å². The van der Waals surface area contributed by atoms with Crippen molar-refractivity contribution in [1.29, 1.82) is 0 Å². The van der Waals surface area contributed by atoms with E-state index in [2.05, 4.69) is 15.5 Å². The first-order valence-electron chi connectivity index (χ1n) is 10.2. The minimum Gasteiger partial charge on any atom is -0.493 e. The molecule has 4 rings (SSSR count). The summed E-state index contributed by atoms with van der Waals surface area (Å²) in [5, 5.41) is 7.04. The zero-order valence-electron chi connectivity index (χ0n) is 18.5. The summed E-state index contributed by atoms with van der Waals surface area (Å²) in [5.41, 5.74) is 2.75. The minimum absolute atomic E-state index is 0.141. The Kier molecular flexibility index (Phi) is 6.54. The molecule has 8 nitrogen and oxygen atoms in total. The molecule has 0 aliphatic heterocycles. The summed E-state index contributed by atoms with van der Waals surface area (Å²) in [5.74, 6) is 1.90. The number of para-hydroxylation sites is 1. The quantitative estimate of drug-likeness (QED) is 0.423. The van der Waals surface area contributed by atoms with Crippen LogP contribution in [0.25, 0.3) is 22.8 Å². The van der Waals surface area contributed by atoms with E-state index in [9.17, 15) is 4.79 Å². The number of nitrogens with one attached hydrogen (secondary N) is 1. The van der Waals surface area contributed by atoms with Crippen LogP contribution in [0.2, 0.25) is 0 Å². The Morgan fingerprint density at radius 1 is 0.909 bits per heavy atom. The molecule has 0 bridgehead atoms. The lowest BCUT2D eigenvalue weighted by molar-refractivity contribution is -0.115. The van der Waals surface area contributed by atoms with E-state index < -0.39 is 0 Å². The molecule has 0 saturated carbocycles. The first-order chi connectivity index (χ1) is 16.1. The Balaban J connectivity index is 1.61. The molecule has 0 radical (unpaired) electrons. The SMILES string of the molecule is COc1cc(-c2noc(-c3ccccc3NC(=O)Cc3ccccc3)n2)cc(OC)c1OC. The standard InChI is InChI=1S/C25H23N3O5/c1-30-20-14-17(15-21(31-2)23(20)32-3)24-27-25(33-28-24)18-11-7-8-12-19(18)26-22(29)13-16-9-5-4-6-10-16/h4-12,14-15H,13H2,1-3H3,(H,26,29). The number of nitrogens with zero attached hydrogens (tertiary/aromatic N) is 2. The van der Waals surface area contributed by atoms with Crippen LogP contribution < -0.4 is 19.5 Å². The highest BCUT2D eigenvalue weighted by Gasteiger charge is 2.19. The fraction of sp³-hybridized carbons (Fsp3) is 0.160. The molecule has 1 amide bonds. The van der Waals surface area contributed by atoms with Gasteiger partial charge in [-0.25, -0.2) is 0 Å². The molecule has 0 saturated heterocycles. The van der Waals surface area contributed by atoms with Gasteiger partial charge in [0.05, 0.1) is 39.0 Å². The van der Waals surface area contributed by atoms with Crippen LogP contribution in [0.15, 0.2) is 71.3 Å². The van der Waals surface area contributed by atoms with Crippen LogP contribution in [0.3, 0.4) is 0 Å². The van der Waals surface area contributed by atoms with Gasteiger partial charge in [0.25, 0.3) is 5.89 Å². The van der Waals surface area contributed by atoms with Crippen molar-refractivity contribution in [2.75, 3.05) is 26.6 Å². The summed E-state index contributed by atoms with van der Waals surface area (Å²) in [6.45, 7) is 0. The van der Waals surface area contributed by atoms with Gasteiger partial charge in [0.2, 0.25) is 17.5 Å². The van der Waals surface area contributed by atoms with E-state index in [0.717, 1.165) is 5.56 Å². The topological polar surface area (TPSA) is 95.7 Å². The summed E-state index contributed by atoms with van der Waals surface area (Å²) in [6, 6.07) is 20.3. The molecule has 0 aliphatic carbocycles. The lowest BCUT2D eigenvalue weighted by Gasteiger charge is -2.12. The first-order valence-corrected chi connectivity index (χ1v) is 10.2. The van der Waals surface area contributed by atoms with Gasteiger partial charge in [-0.05, 0) is 29.8 Å². The molecular formula is C25H23N3O5. The molecule has 1 N–H and O–H groups in total. The normalized spacial score (nSPS) is 10.5. The fourth-order valence-corrected chi connectivity index (χ4v) is 3.41. The summed E-state index contributed by atoms with van der Waals surface area (Å²) < 4.78 is 21.7. The second-order valence-electron chi connectivity index (χ2n) is 7.09. The van der Waals surface area contributed by atoms with Gasteiger partial charge >= 0.3 is 0 Å². The van der Waals surface area contributed by atoms with Gasteiger partial charge in [0.15, 0.2) is 11.5 Å². The molecule has 1 heterocycles. The minimum atomic E-state index is -0.141. The van der Waals surface area contributed by atoms with E-state index in [-0.39, 0.29) is 18.2 Å². The number of hydrogen-bond donors (Lipinski definition) is 1. The second-order valence-corrected chi connectivity index (χ2v) is 7.09. The van der Waals surface area contributed by atoms with Crippen LogP contribution in [0.4, 0.5) is 5.69 Å². The maximum atomic E-state index is 12.6. The third kappa shape index (κ3) is 4.79. The van der Waals surface area contributed by atoms with Crippen molar-refractivity contribution < 1.29 is 23.5 Å². The first kappa shape index (κ1) is 21.9. The molecule has 8 heteroatoms. The molecule has 33 heavy (non-hydrogen) atoms. The Hall–Kier alpha value is -4.33. The monoisotopic (exact) mass is 445 g/mol. The molecule has 0 unspecified atom stereocenters. The second kappa shape index (κ2) is 9.86. The van der Waals surface area contributed by atoms with Crippen molar-refractivity contribution >= 4 is 11.6 Å². The lowest BCUT2D eigenvalue weighted by atomic mass is 10.1. The largest absolute Gasteiger partial charge is 0.493 e. The molecule has 0 spiro atoms. The maximum Gasteiger partial charge on any atom is 0.260 e. The van der Waals surface area contributed by atoms with Crippen molar-refractivity contribution in [1.82, 2.24) is 10.1 Å². The van der Waals surface area contributed by atoms with Crippen molar-refractivity contribution in [3.05, 3.63) is 72.3 Å². The van der Waals surface area contributed by atoms with Gasteiger partial charge < -0.3 is 24.1 Å². The van der Waals surface area contributed by atoms with Crippen molar-refractivity contribution in [2.24, 2.45) is 0 Å². The predicted molar refractivity (Wildman–Crippen MR) is 124 cm³/mol. The number of carbonyl (C=O) groups excluding carboxylic acids is 1. The molecule has 3 aromatic carbocycles. The molecule has 0 atom stereocenters. The van der Waals surface area contributed by atoms with E-state index >= 15 is 0 Å². The van der Waals surface area contributed by atoms with Gasteiger partial charge in [-0.2, -0.15) is 4.98 Å². The summed E-state index contributed by atoms with van der Waals surface area (Å²) >= 11 is 0. The van der Waals surface area contributed by atoms with E-state index in [4.69, 9.17) is 18.7 Å². The van der Waals surface area contributed by atoms with Gasteiger partial charge in [-0.15, -0.1) is 0 Å². The van der Waals surface area contributed by atoms with Gasteiger partial charge in [-0.1, -0.05) is 47.6 Å². The number of carbonyl (C=O) groups is 1. The van der Waals surface area contributed by atoms with Crippen molar-refractivity contribution in [2.45, 2.75) is 6.42 Å². The Morgan fingerprint density at radius 2 is 1.58 bits per heavy atom. The Morgan fingerprint density at radius 3 is 2.24 bits per heavy atom.